The quantitative estimate of drug-likeness (QED) is 0.263. The number of carbonyl (C=O) groups is 3. The van der Waals surface area contributed by atoms with Gasteiger partial charge in [-0.1, -0.05) is 30.3 Å². The molecular weight excluding hydrogens is 578 g/mol. The predicted molar refractivity (Wildman–Crippen MR) is 181 cm³/mol. The van der Waals surface area contributed by atoms with E-state index in [2.05, 4.69) is 39.5 Å². The van der Waals surface area contributed by atoms with Crippen LogP contribution in [-0.2, 0) is 10.3 Å². The van der Waals surface area contributed by atoms with E-state index >= 15 is 0 Å². The molecule has 240 valence electrons. The molecule has 0 spiro atoms. The van der Waals surface area contributed by atoms with Crippen molar-refractivity contribution in [3.63, 3.8) is 0 Å². The molecule has 0 atom stereocenters. The van der Waals surface area contributed by atoms with E-state index in [1.54, 1.807) is 23.9 Å². The molecule has 0 radical (unpaired) electrons. The maximum atomic E-state index is 14.0. The number of ether oxygens (including phenoxy) is 1. The average Bonchev–Trinajstić information content (AvgIpc) is 3.63. The van der Waals surface area contributed by atoms with E-state index in [9.17, 15) is 14.4 Å². The van der Waals surface area contributed by atoms with Gasteiger partial charge in [0.15, 0.2) is 0 Å². The third-order valence-electron chi connectivity index (χ3n) is 8.88. The second-order valence-corrected chi connectivity index (χ2v) is 13.7. The molecule has 6 rings (SSSR count). The number of rotatable bonds is 6. The summed E-state index contributed by atoms with van der Waals surface area (Å²) in [6.07, 6.45) is 1.39. The van der Waals surface area contributed by atoms with Crippen LogP contribution in [0.3, 0.4) is 0 Å². The molecule has 2 heterocycles. The number of piperazine rings is 1. The number of amides is 3. The zero-order valence-corrected chi connectivity index (χ0v) is 27.6. The fraction of sp³-hybridized carbons (Fsp3) is 0.378. The van der Waals surface area contributed by atoms with Crippen LogP contribution in [-0.4, -0.2) is 78.6 Å². The van der Waals surface area contributed by atoms with Gasteiger partial charge in [-0.2, -0.15) is 0 Å². The number of hydrogen-bond donors (Lipinski definition) is 2. The minimum absolute atomic E-state index is 0.0827. The maximum absolute atomic E-state index is 14.0. The van der Waals surface area contributed by atoms with Gasteiger partial charge in [-0.15, -0.1) is 0 Å². The molecule has 0 unspecified atom stereocenters. The number of nitrogens with zero attached hydrogens (tertiary/aromatic N) is 3. The Morgan fingerprint density at radius 1 is 0.913 bits per heavy atom. The lowest BCUT2D eigenvalue weighted by atomic mass is 9.93. The fourth-order valence-electron chi connectivity index (χ4n) is 6.19. The van der Waals surface area contributed by atoms with Gasteiger partial charge in [0, 0.05) is 57.2 Å². The van der Waals surface area contributed by atoms with E-state index in [1.807, 2.05) is 70.2 Å². The molecule has 9 heteroatoms. The van der Waals surface area contributed by atoms with Gasteiger partial charge in [0.05, 0.1) is 5.54 Å². The van der Waals surface area contributed by atoms with Gasteiger partial charge in [0.1, 0.15) is 11.3 Å². The third-order valence-corrected chi connectivity index (χ3v) is 8.88. The number of nitrogens with one attached hydrogen (secondary N) is 2. The summed E-state index contributed by atoms with van der Waals surface area (Å²) >= 11 is 0. The zero-order chi connectivity index (χ0) is 32.8. The average molecular weight is 622 g/mol. The predicted octanol–water partition coefficient (Wildman–Crippen LogP) is 6.32. The van der Waals surface area contributed by atoms with Crippen molar-refractivity contribution < 1.29 is 19.1 Å². The Labute approximate surface area is 270 Å². The van der Waals surface area contributed by atoms with E-state index in [-0.39, 0.29) is 17.9 Å². The second kappa shape index (κ2) is 11.9. The number of aromatic amines is 1. The van der Waals surface area contributed by atoms with Crippen molar-refractivity contribution in [1.82, 2.24) is 20.1 Å². The Kier molecular flexibility index (Phi) is 8.04. The molecular formula is C37H43N5O4. The van der Waals surface area contributed by atoms with Crippen molar-refractivity contribution in [3.8, 4) is 11.3 Å². The van der Waals surface area contributed by atoms with Crippen LogP contribution >= 0.6 is 0 Å². The van der Waals surface area contributed by atoms with Crippen LogP contribution in [0, 0.1) is 6.92 Å². The lowest BCUT2D eigenvalue weighted by molar-refractivity contribution is 0.0240. The van der Waals surface area contributed by atoms with Crippen molar-refractivity contribution in [2.24, 2.45) is 0 Å². The van der Waals surface area contributed by atoms with Crippen LogP contribution in [0.25, 0.3) is 22.0 Å². The van der Waals surface area contributed by atoms with Crippen molar-refractivity contribution in [2.45, 2.75) is 51.7 Å². The second-order valence-electron chi connectivity index (χ2n) is 13.7. The van der Waals surface area contributed by atoms with Gasteiger partial charge < -0.3 is 29.7 Å². The SMILES string of the molecule is Cc1ccc(N2CCN(C(=O)OC(C)(C)C)CC2)cc1C(=O)NC1(c2cc(-c3ccc(C(=O)N(C)C)[nH]3)cc3ccccc23)CC1. The highest BCUT2D eigenvalue weighted by molar-refractivity contribution is 5.99. The first kappa shape index (κ1) is 31.2. The Morgan fingerprint density at radius 2 is 1.63 bits per heavy atom. The summed E-state index contributed by atoms with van der Waals surface area (Å²) < 4.78 is 5.55. The first-order valence-electron chi connectivity index (χ1n) is 15.9. The molecule has 1 saturated heterocycles. The monoisotopic (exact) mass is 621 g/mol. The molecule has 1 aliphatic heterocycles. The highest BCUT2D eigenvalue weighted by Gasteiger charge is 2.47. The fourth-order valence-corrected chi connectivity index (χ4v) is 6.19. The van der Waals surface area contributed by atoms with Gasteiger partial charge >= 0.3 is 6.09 Å². The number of H-pyrrole nitrogens is 1. The lowest BCUT2D eigenvalue weighted by Crippen LogP contribution is -2.50. The Bertz CT molecular complexity index is 1810. The van der Waals surface area contributed by atoms with Gasteiger partial charge in [0.2, 0.25) is 0 Å². The molecule has 2 aliphatic rings. The summed E-state index contributed by atoms with van der Waals surface area (Å²) in [6.45, 7) is 10.0. The summed E-state index contributed by atoms with van der Waals surface area (Å²) in [5.74, 6) is -0.182. The molecule has 2 fully saturated rings. The van der Waals surface area contributed by atoms with Crippen LogP contribution in [0.5, 0.6) is 0 Å². The zero-order valence-electron chi connectivity index (χ0n) is 27.6. The molecule has 3 aromatic carbocycles. The summed E-state index contributed by atoms with van der Waals surface area (Å²) in [4.78, 5) is 47.9. The minimum Gasteiger partial charge on any atom is -0.444 e. The van der Waals surface area contributed by atoms with Crippen LogP contribution in [0.2, 0.25) is 0 Å². The number of carbonyl (C=O) groups excluding carboxylic acids is 3. The summed E-state index contributed by atoms with van der Waals surface area (Å²) in [5, 5.41) is 5.61. The van der Waals surface area contributed by atoms with Crippen molar-refractivity contribution in [3.05, 3.63) is 89.1 Å². The molecule has 2 N–H and O–H groups in total. The molecule has 0 bridgehead atoms. The number of anilines is 1. The van der Waals surface area contributed by atoms with Crippen molar-refractivity contribution in [1.29, 1.82) is 0 Å². The Hall–Kier alpha value is -4.79. The van der Waals surface area contributed by atoms with Crippen LogP contribution in [0.1, 0.15) is 65.6 Å². The molecule has 1 aliphatic carbocycles. The molecule has 1 aromatic heterocycles. The number of aryl methyl sites for hydroxylation is 1. The summed E-state index contributed by atoms with van der Waals surface area (Å²) in [5.41, 5.74) is 4.95. The maximum Gasteiger partial charge on any atom is 0.410 e. The summed E-state index contributed by atoms with van der Waals surface area (Å²) in [6, 6.07) is 22.3. The molecule has 46 heavy (non-hydrogen) atoms. The minimum atomic E-state index is -0.530. The highest BCUT2D eigenvalue weighted by atomic mass is 16.6. The van der Waals surface area contributed by atoms with Crippen LogP contribution in [0.15, 0.2) is 66.7 Å². The lowest BCUT2D eigenvalue weighted by Gasteiger charge is -2.37. The number of benzene rings is 3. The van der Waals surface area contributed by atoms with E-state index < -0.39 is 11.1 Å². The van der Waals surface area contributed by atoms with Crippen LogP contribution in [0.4, 0.5) is 10.5 Å². The molecule has 9 nitrogen and oxygen atoms in total. The number of aromatic nitrogens is 1. The topological polar surface area (TPSA) is 98.0 Å². The van der Waals surface area contributed by atoms with E-state index in [1.165, 1.54) is 0 Å². The normalized spacial score (nSPS) is 15.9. The first-order valence-corrected chi connectivity index (χ1v) is 15.9. The highest BCUT2D eigenvalue weighted by Crippen LogP contribution is 2.49. The molecule has 3 amide bonds. The Morgan fingerprint density at radius 3 is 2.30 bits per heavy atom. The van der Waals surface area contributed by atoms with Gasteiger partial charge in [0.25, 0.3) is 11.8 Å². The van der Waals surface area contributed by atoms with Crippen molar-refractivity contribution in [2.75, 3.05) is 45.2 Å². The summed E-state index contributed by atoms with van der Waals surface area (Å²) in [7, 11) is 3.47. The van der Waals surface area contributed by atoms with Crippen LogP contribution < -0.4 is 10.2 Å². The van der Waals surface area contributed by atoms with E-state index in [0.717, 1.165) is 51.7 Å². The number of fused-ring (bicyclic) bond motifs is 1. The Balaban J connectivity index is 1.24. The van der Waals surface area contributed by atoms with Gasteiger partial charge in [-0.3, -0.25) is 9.59 Å². The largest absolute Gasteiger partial charge is 0.444 e. The number of hydrogen-bond acceptors (Lipinski definition) is 5. The van der Waals surface area contributed by atoms with E-state index in [0.29, 0.717) is 37.4 Å². The molecule has 1 saturated carbocycles. The van der Waals surface area contributed by atoms with E-state index in [4.69, 9.17) is 4.74 Å². The molecule has 4 aromatic rings. The van der Waals surface area contributed by atoms with Gasteiger partial charge in [-0.25, -0.2) is 4.79 Å². The van der Waals surface area contributed by atoms with Crippen molar-refractivity contribution >= 4 is 34.4 Å². The van der Waals surface area contributed by atoms with Gasteiger partial charge in [-0.05, 0) is 104 Å². The standard InChI is InChI=1S/C37H43N5O4/c1-24-11-12-27(41-17-19-42(20-18-41)35(45)46-36(2,3)4)23-29(24)33(43)39-37(15-16-37)30-22-26(21-25-9-7-8-10-28(25)30)31-13-14-32(38-31)34(44)40(5)6/h7-14,21-23,38H,15-20H2,1-6H3,(H,39,43). The first-order chi connectivity index (χ1) is 21.8. The third kappa shape index (κ3) is 6.32. The smallest absolute Gasteiger partial charge is 0.410 e.